The molecule has 10 nitrogen and oxygen atoms in total. The Labute approximate surface area is 238 Å². The molecule has 3 amide bonds. The van der Waals surface area contributed by atoms with Crippen molar-refractivity contribution in [2.24, 2.45) is 28.4 Å². The molecule has 3 heterocycles. The predicted molar refractivity (Wildman–Crippen MR) is 146 cm³/mol. The minimum Gasteiger partial charge on any atom is -0.362 e. The average molecular weight is 583 g/mol. The van der Waals surface area contributed by atoms with Crippen molar-refractivity contribution < 1.29 is 27.6 Å². The molecular weight excluding hydrogens is 541 g/mol. The number of hydrogen-bond acceptors (Lipinski definition) is 6. The molecule has 4 rings (SSSR count). The van der Waals surface area contributed by atoms with Gasteiger partial charge in [0.05, 0.1) is 6.07 Å². The zero-order chi connectivity index (χ0) is 31.3. The minimum absolute atomic E-state index is 0.124. The molecular formula is C28H41F3N6O4. The van der Waals surface area contributed by atoms with Gasteiger partial charge in [0.25, 0.3) is 5.56 Å². The van der Waals surface area contributed by atoms with Gasteiger partial charge in [-0.3, -0.25) is 19.2 Å². The summed E-state index contributed by atoms with van der Waals surface area (Å²) in [5, 5.41) is 11.3. The number of halogens is 3. The van der Waals surface area contributed by atoms with E-state index < -0.39 is 18.1 Å². The number of rotatable bonds is 5. The van der Waals surface area contributed by atoms with Gasteiger partial charge in [-0.1, -0.05) is 34.6 Å². The fourth-order valence-corrected chi connectivity index (χ4v) is 5.19. The number of piperidine rings is 1. The number of hydrogen-bond donors (Lipinski definition) is 3. The molecule has 2 fully saturated rings. The molecule has 2 unspecified atom stereocenters. The lowest BCUT2D eigenvalue weighted by Gasteiger charge is -2.26. The van der Waals surface area contributed by atoms with E-state index in [1.807, 2.05) is 19.2 Å². The summed E-state index contributed by atoms with van der Waals surface area (Å²) >= 11 is 0. The number of amides is 3. The summed E-state index contributed by atoms with van der Waals surface area (Å²) in [6.07, 6.45) is -2.64. The Morgan fingerprint density at radius 3 is 2.29 bits per heavy atom. The Morgan fingerprint density at radius 1 is 1.27 bits per heavy atom. The number of carbonyl (C=O) groups excluding carboxylic acids is 3. The van der Waals surface area contributed by atoms with Crippen LogP contribution in [0.3, 0.4) is 0 Å². The summed E-state index contributed by atoms with van der Waals surface area (Å²) < 4.78 is 32.1. The van der Waals surface area contributed by atoms with Crippen LogP contribution in [0.2, 0.25) is 0 Å². The van der Waals surface area contributed by atoms with Gasteiger partial charge < -0.3 is 25.8 Å². The van der Waals surface area contributed by atoms with Gasteiger partial charge in [-0.2, -0.15) is 18.4 Å². The quantitative estimate of drug-likeness (QED) is 0.452. The van der Waals surface area contributed by atoms with E-state index in [0.717, 1.165) is 55.7 Å². The molecule has 13 heteroatoms. The van der Waals surface area contributed by atoms with Crippen LogP contribution in [0, 0.1) is 34.0 Å². The maximum absolute atomic E-state index is 12.0. The van der Waals surface area contributed by atoms with E-state index in [4.69, 9.17) is 10.1 Å². The lowest BCUT2D eigenvalue weighted by Crippen LogP contribution is -2.35. The van der Waals surface area contributed by atoms with E-state index in [9.17, 15) is 27.6 Å². The van der Waals surface area contributed by atoms with Crippen LogP contribution in [-0.4, -0.2) is 71.9 Å². The fourth-order valence-electron chi connectivity index (χ4n) is 5.19. The maximum atomic E-state index is 12.0. The number of nitrogens with one attached hydrogen (secondary N) is 2. The lowest BCUT2D eigenvalue weighted by molar-refractivity contribution is -0.169. The van der Waals surface area contributed by atoms with Gasteiger partial charge in [0.1, 0.15) is 6.04 Å². The zero-order valence-corrected chi connectivity index (χ0v) is 24.5. The number of primary amides is 1. The SMILES string of the molecule is CC(C)(C)CC(=O)N1CC2[C@H](C1)C2(C)C.CN1CCc2[nH]c(=O)c(CC(C#N)NC=O)cc2C1.NC(=O)C(F)(F)F. The van der Waals surface area contributed by atoms with Crippen molar-refractivity contribution in [3.05, 3.63) is 33.2 Å². The number of likely N-dealkylation sites (tertiary alicyclic amines) is 1. The number of alkyl halides is 3. The third-order valence-corrected chi connectivity index (χ3v) is 7.76. The average Bonchev–Trinajstić information content (AvgIpc) is 3.17. The van der Waals surface area contributed by atoms with Crippen molar-refractivity contribution in [1.29, 1.82) is 5.26 Å². The van der Waals surface area contributed by atoms with Gasteiger partial charge in [-0.05, 0) is 41.3 Å². The summed E-state index contributed by atoms with van der Waals surface area (Å²) in [7, 11) is 2.03. The molecule has 2 aliphatic heterocycles. The molecule has 0 spiro atoms. The number of nitrogens with two attached hydrogens (primary N) is 1. The number of nitrogens with zero attached hydrogens (tertiary/aromatic N) is 3. The smallest absolute Gasteiger partial charge is 0.362 e. The third kappa shape index (κ3) is 9.59. The number of pyridine rings is 1. The first-order valence-corrected chi connectivity index (χ1v) is 13.5. The summed E-state index contributed by atoms with van der Waals surface area (Å²) in [6.45, 7) is 14.8. The molecule has 1 aliphatic carbocycles. The van der Waals surface area contributed by atoms with Crippen LogP contribution in [0.5, 0.6) is 0 Å². The monoisotopic (exact) mass is 582 g/mol. The highest BCUT2D eigenvalue weighted by Gasteiger charge is 2.62. The highest BCUT2D eigenvalue weighted by molar-refractivity contribution is 5.79. The first-order valence-electron chi connectivity index (χ1n) is 13.5. The summed E-state index contributed by atoms with van der Waals surface area (Å²) in [5.41, 5.74) is 6.87. The number of likely N-dealkylation sites (N-methyl/N-ethyl adjacent to an activating group) is 1. The number of aromatic amines is 1. The third-order valence-electron chi connectivity index (χ3n) is 7.76. The van der Waals surface area contributed by atoms with Gasteiger partial charge >= 0.3 is 12.1 Å². The molecule has 3 aliphatic rings. The van der Waals surface area contributed by atoms with E-state index in [2.05, 4.69) is 60.5 Å². The second-order valence-corrected chi connectivity index (χ2v) is 12.7. The molecule has 228 valence electrons. The Bertz CT molecular complexity index is 1200. The molecule has 1 saturated carbocycles. The van der Waals surface area contributed by atoms with E-state index in [0.29, 0.717) is 29.7 Å². The topological polar surface area (TPSA) is 152 Å². The van der Waals surface area contributed by atoms with Crippen molar-refractivity contribution in [3.63, 3.8) is 0 Å². The zero-order valence-electron chi connectivity index (χ0n) is 24.5. The molecule has 3 atom stereocenters. The second-order valence-electron chi connectivity index (χ2n) is 12.7. The van der Waals surface area contributed by atoms with E-state index in [-0.39, 0.29) is 17.4 Å². The number of H-pyrrole nitrogens is 1. The Morgan fingerprint density at radius 2 is 1.83 bits per heavy atom. The molecule has 1 aromatic rings. The molecule has 1 saturated heterocycles. The van der Waals surface area contributed by atoms with Gasteiger partial charge in [-0.25, -0.2) is 0 Å². The predicted octanol–water partition coefficient (Wildman–Crippen LogP) is 2.11. The molecule has 0 bridgehead atoms. The van der Waals surface area contributed by atoms with Crippen molar-refractivity contribution in [3.8, 4) is 6.07 Å². The van der Waals surface area contributed by atoms with Crippen molar-refractivity contribution in [1.82, 2.24) is 20.1 Å². The van der Waals surface area contributed by atoms with Crippen LogP contribution >= 0.6 is 0 Å². The minimum atomic E-state index is -4.86. The summed E-state index contributed by atoms with van der Waals surface area (Å²) in [4.78, 5) is 50.5. The summed E-state index contributed by atoms with van der Waals surface area (Å²) in [6, 6.07) is 3.14. The number of nitriles is 1. The van der Waals surface area contributed by atoms with Crippen LogP contribution in [0.25, 0.3) is 0 Å². The van der Waals surface area contributed by atoms with E-state index in [1.54, 1.807) is 0 Å². The molecule has 0 aromatic carbocycles. The molecule has 41 heavy (non-hydrogen) atoms. The maximum Gasteiger partial charge on any atom is 0.470 e. The van der Waals surface area contributed by atoms with Crippen molar-refractivity contribution >= 4 is 18.2 Å². The molecule has 4 N–H and O–H groups in total. The standard InChI is InChI=1S/C13H16N4O2.C13H23NO.C2H2F3NO/c1-17-3-2-12-10(7-17)4-9(13(19)16-12)5-11(6-14)15-8-18;1-12(2,3)6-11(15)14-7-9-10(8-14)13(9,4)5;3-2(4,5)1(6)7/h4,8,11H,2-3,5,7H2,1H3,(H,15,18)(H,16,19);9-10H,6-8H2,1-5H3;(H2,6,7)/t;9-,10?;/m.0./s1. The van der Waals surface area contributed by atoms with Crippen LogP contribution in [-0.2, 0) is 33.8 Å². The Balaban J connectivity index is 0.000000238. The van der Waals surface area contributed by atoms with Crippen molar-refractivity contribution in [2.45, 2.75) is 72.6 Å². The first-order chi connectivity index (χ1) is 18.8. The number of aromatic nitrogens is 1. The lowest BCUT2D eigenvalue weighted by atomic mass is 9.91. The number of carbonyl (C=O) groups is 3. The Kier molecular flexibility index (Phi) is 10.8. The van der Waals surface area contributed by atoms with Crippen LogP contribution in [0.4, 0.5) is 13.2 Å². The normalized spacial score (nSPS) is 21.4. The van der Waals surface area contributed by atoms with Crippen molar-refractivity contribution in [2.75, 3.05) is 26.7 Å². The fraction of sp³-hybridized carbons (Fsp3) is 0.679. The molecule has 1 aromatic heterocycles. The number of fused-ring (bicyclic) bond motifs is 2. The Hall–Kier alpha value is -3.40. The van der Waals surface area contributed by atoms with Gasteiger partial charge in [0.2, 0.25) is 12.3 Å². The van der Waals surface area contributed by atoms with Gasteiger partial charge in [0, 0.05) is 56.7 Å². The van der Waals surface area contributed by atoms with Crippen LogP contribution < -0.4 is 16.6 Å². The largest absolute Gasteiger partial charge is 0.470 e. The summed E-state index contributed by atoms with van der Waals surface area (Å²) in [5.74, 6) is -0.346. The van der Waals surface area contributed by atoms with Crippen LogP contribution in [0.15, 0.2) is 10.9 Å². The van der Waals surface area contributed by atoms with Gasteiger partial charge in [-0.15, -0.1) is 0 Å². The first kappa shape index (κ1) is 33.8. The molecule has 0 radical (unpaired) electrons. The highest BCUT2D eigenvalue weighted by Crippen LogP contribution is 2.62. The highest BCUT2D eigenvalue weighted by atomic mass is 19.4. The van der Waals surface area contributed by atoms with Gasteiger partial charge in [0.15, 0.2) is 0 Å². The van der Waals surface area contributed by atoms with Crippen LogP contribution in [0.1, 0.15) is 57.9 Å². The van der Waals surface area contributed by atoms with E-state index >= 15 is 0 Å². The van der Waals surface area contributed by atoms with E-state index in [1.165, 1.54) is 0 Å². The second kappa shape index (κ2) is 13.1.